The van der Waals surface area contributed by atoms with Crippen molar-refractivity contribution in [2.24, 2.45) is 0 Å². The quantitative estimate of drug-likeness (QED) is 0.482. The number of carboxylic acids is 1. The van der Waals surface area contributed by atoms with Gasteiger partial charge in [0.2, 0.25) is 11.8 Å². The third kappa shape index (κ3) is 13.5. The second-order valence-electron chi connectivity index (χ2n) is 6.13. The molecule has 0 fully saturated rings. The first kappa shape index (κ1) is 24.6. The summed E-state index contributed by atoms with van der Waals surface area (Å²) in [5, 5.41) is 14.6. The number of hydrogen-bond acceptors (Lipinski definition) is 3. The Morgan fingerprint density at radius 1 is 0.963 bits per heavy atom. The molecule has 0 bridgehead atoms. The summed E-state index contributed by atoms with van der Waals surface area (Å²) in [7, 11) is 0. The molecule has 0 aromatic heterocycles. The fraction of sp³-hybridized carbons (Fsp3) is 0.571. The van der Waals surface area contributed by atoms with Crippen LogP contribution in [0.5, 0.6) is 0 Å². The van der Waals surface area contributed by atoms with Gasteiger partial charge in [0.05, 0.1) is 12.5 Å². The van der Waals surface area contributed by atoms with Gasteiger partial charge in [-0.25, -0.2) is 0 Å². The minimum atomic E-state index is -0.937. The number of carbonyl (C=O) groups excluding carboxylic acids is 2. The maximum absolute atomic E-state index is 12.1. The predicted octanol–water partition coefficient (Wildman–Crippen LogP) is 3.82. The molecule has 2 amide bonds. The largest absolute Gasteiger partial charge is 0.481 e. The van der Waals surface area contributed by atoms with Crippen molar-refractivity contribution in [2.45, 2.75) is 71.8 Å². The summed E-state index contributed by atoms with van der Waals surface area (Å²) in [6, 6.07) is 8.67. The highest BCUT2D eigenvalue weighted by Crippen LogP contribution is 2.17. The molecule has 0 saturated carbocycles. The van der Waals surface area contributed by atoms with Crippen LogP contribution in [0.1, 0.15) is 77.3 Å². The zero-order valence-corrected chi connectivity index (χ0v) is 16.8. The molecule has 6 nitrogen and oxygen atoms in total. The van der Waals surface area contributed by atoms with Crippen LogP contribution >= 0.6 is 0 Å². The Kier molecular flexibility index (Phi) is 14.5. The van der Waals surface area contributed by atoms with Crippen molar-refractivity contribution < 1.29 is 19.5 Å². The van der Waals surface area contributed by atoms with Crippen LogP contribution in [0.2, 0.25) is 0 Å². The zero-order valence-electron chi connectivity index (χ0n) is 16.8. The van der Waals surface area contributed by atoms with Crippen LogP contribution in [0, 0.1) is 0 Å². The number of carbonyl (C=O) groups is 3. The van der Waals surface area contributed by atoms with Crippen LogP contribution in [0.15, 0.2) is 30.3 Å². The highest BCUT2D eigenvalue weighted by molar-refractivity contribution is 5.77. The van der Waals surface area contributed by atoms with Crippen molar-refractivity contribution in [1.29, 1.82) is 0 Å². The summed E-state index contributed by atoms with van der Waals surface area (Å²) in [5.41, 5.74) is 0.802. The van der Waals surface area contributed by atoms with E-state index in [-0.39, 0.29) is 18.2 Å². The Morgan fingerprint density at radius 3 is 2.15 bits per heavy atom. The van der Waals surface area contributed by atoms with E-state index in [1.807, 2.05) is 44.2 Å². The second kappa shape index (κ2) is 15.9. The summed E-state index contributed by atoms with van der Waals surface area (Å²) in [6.45, 7) is 6.20. The van der Waals surface area contributed by atoms with Crippen molar-refractivity contribution in [1.82, 2.24) is 10.6 Å². The zero-order chi connectivity index (χ0) is 20.5. The third-order valence-corrected chi connectivity index (χ3v) is 3.87. The molecule has 0 spiro atoms. The van der Waals surface area contributed by atoms with Gasteiger partial charge >= 0.3 is 5.97 Å². The van der Waals surface area contributed by atoms with E-state index in [0.29, 0.717) is 13.0 Å². The molecule has 152 valence electrons. The lowest BCUT2D eigenvalue weighted by molar-refractivity contribution is -0.137. The number of unbranched alkanes of at least 4 members (excludes halogenated alkanes) is 4. The van der Waals surface area contributed by atoms with Crippen LogP contribution in [0.4, 0.5) is 0 Å². The van der Waals surface area contributed by atoms with Crippen molar-refractivity contribution in [3.05, 3.63) is 35.9 Å². The number of nitrogens with one attached hydrogen (secondary N) is 2. The van der Waals surface area contributed by atoms with Crippen molar-refractivity contribution >= 4 is 17.8 Å². The van der Waals surface area contributed by atoms with Gasteiger partial charge in [0.15, 0.2) is 0 Å². The number of amides is 2. The van der Waals surface area contributed by atoms with Crippen LogP contribution in [-0.2, 0) is 14.4 Å². The molecule has 0 aliphatic rings. The first-order valence-corrected chi connectivity index (χ1v) is 9.79. The average molecular weight is 379 g/mol. The molecule has 0 aliphatic carbocycles. The first-order chi connectivity index (χ1) is 13.0. The molecule has 1 unspecified atom stereocenters. The topological polar surface area (TPSA) is 95.5 Å². The maximum Gasteiger partial charge on any atom is 0.305 e. The maximum atomic E-state index is 12.1. The smallest absolute Gasteiger partial charge is 0.305 e. The van der Waals surface area contributed by atoms with Gasteiger partial charge in [-0.1, -0.05) is 63.4 Å². The Hall–Kier alpha value is -2.37. The van der Waals surface area contributed by atoms with Gasteiger partial charge in [-0.15, -0.1) is 0 Å². The SMILES string of the molecule is CC.CC(=O)NCCCCCCCC(=O)NC(CC(=O)O)c1ccccc1. The van der Waals surface area contributed by atoms with Gasteiger partial charge in [0.1, 0.15) is 0 Å². The van der Waals surface area contributed by atoms with Crippen LogP contribution in [0.3, 0.4) is 0 Å². The molecule has 1 aromatic carbocycles. The number of hydrogen-bond donors (Lipinski definition) is 3. The number of rotatable bonds is 12. The van der Waals surface area contributed by atoms with Crippen molar-refractivity contribution in [2.75, 3.05) is 6.54 Å². The Labute approximate surface area is 162 Å². The van der Waals surface area contributed by atoms with E-state index in [2.05, 4.69) is 10.6 Å². The highest BCUT2D eigenvalue weighted by atomic mass is 16.4. The van der Waals surface area contributed by atoms with Gasteiger partial charge in [0.25, 0.3) is 0 Å². The number of aliphatic carboxylic acids is 1. The number of benzene rings is 1. The normalized spacial score (nSPS) is 10.9. The second-order valence-corrected chi connectivity index (χ2v) is 6.13. The van der Waals surface area contributed by atoms with E-state index in [0.717, 1.165) is 37.7 Å². The van der Waals surface area contributed by atoms with Crippen LogP contribution in [-0.4, -0.2) is 29.4 Å². The lowest BCUT2D eigenvalue weighted by Crippen LogP contribution is -2.29. The highest BCUT2D eigenvalue weighted by Gasteiger charge is 2.17. The van der Waals surface area contributed by atoms with Crippen molar-refractivity contribution in [3.63, 3.8) is 0 Å². The average Bonchev–Trinajstić information content (AvgIpc) is 2.65. The fourth-order valence-electron chi connectivity index (χ4n) is 2.58. The molecule has 6 heteroatoms. The predicted molar refractivity (Wildman–Crippen MR) is 107 cm³/mol. The van der Waals surface area contributed by atoms with Crippen molar-refractivity contribution in [3.8, 4) is 0 Å². The summed E-state index contributed by atoms with van der Waals surface area (Å²) < 4.78 is 0. The molecule has 1 atom stereocenters. The van der Waals surface area contributed by atoms with Gasteiger partial charge in [-0.2, -0.15) is 0 Å². The molecule has 1 rings (SSSR count). The Bertz CT molecular complexity index is 546. The Balaban J connectivity index is 0.00000326. The molecule has 0 aliphatic heterocycles. The molecule has 27 heavy (non-hydrogen) atoms. The third-order valence-electron chi connectivity index (χ3n) is 3.87. The van der Waals surface area contributed by atoms with E-state index < -0.39 is 12.0 Å². The number of carboxylic acid groups (broad SMARTS) is 1. The summed E-state index contributed by atoms with van der Waals surface area (Å²) in [6.07, 6.45) is 4.98. The molecule has 3 N–H and O–H groups in total. The van der Waals surface area contributed by atoms with Crippen LogP contribution < -0.4 is 10.6 Å². The summed E-state index contributed by atoms with van der Waals surface area (Å²) in [5.74, 6) is -1.06. The molecule has 1 aromatic rings. The first-order valence-electron chi connectivity index (χ1n) is 9.79. The minimum absolute atomic E-state index is 0.00833. The minimum Gasteiger partial charge on any atom is -0.481 e. The van der Waals surface area contributed by atoms with E-state index >= 15 is 0 Å². The molecule has 0 heterocycles. The molecule has 0 saturated heterocycles. The monoisotopic (exact) mass is 378 g/mol. The van der Waals surface area contributed by atoms with Crippen LogP contribution in [0.25, 0.3) is 0 Å². The summed E-state index contributed by atoms with van der Waals surface area (Å²) >= 11 is 0. The van der Waals surface area contributed by atoms with Gasteiger partial charge < -0.3 is 15.7 Å². The summed E-state index contributed by atoms with van der Waals surface area (Å²) in [4.78, 5) is 33.8. The van der Waals surface area contributed by atoms with Gasteiger partial charge in [-0.3, -0.25) is 14.4 Å². The molecule has 0 radical (unpaired) electrons. The lowest BCUT2D eigenvalue weighted by atomic mass is 10.0. The fourth-order valence-corrected chi connectivity index (χ4v) is 2.58. The van der Waals surface area contributed by atoms with E-state index in [1.165, 1.54) is 6.92 Å². The standard InChI is InChI=1S/C19H28N2O4.C2H6/c1-15(22)20-13-9-4-2-3-8-12-18(23)21-17(14-19(24)25)16-10-6-5-7-11-16;1-2/h5-7,10-11,17H,2-4,8-9,12-14H2,1H3,(H,20,22)(H,21,23)(H,24,25);1-2H3. The van der Waals surface area contributed by atoms with E-state index in [9.17, 15) is 14.4 Å². The molecular weight excluding hydrogens is 344 g/mol. The Morgan fingerprint density at radius 2 is 1.56 bits per heavy atom. The van der Waals surface area contributed by atoms with E-state index in [1.54, 1.807) is 0 Å². The van der Waals surface area contributed by atoms with E-state index in [4.69, 9.17) is 5.11 Å². The van der Waals surface area contributed by atoms with Gasteiger partial charge in [0, 0.05) is 19.9 Å². The van der Waals surface area contributed by atoms with Gasteiger partial charge in [-0.05, 0) is 18.4 Å². The molecular formula is C21H34N2O4. The lowest BCUT2D eigenvalue weighted by Gasteiger charge is -2.17.